The monoisotopic (exact) mass is 408 g/mol. The first kappa shape index (κ1) is 24.0. The quantitative estimate of drug-likeness (QED) is 0.396. The maximum absolute atomic E-state index is 12.6. The van der Waals surface area contributed by atoms with Crippen molar-refractivity contribution in [2.45, 2.75) is 79.1 Å². The van der Waals surface area contributed by atoms with Crippen molar-refractivity contribution in [3.05, 3.63) is 11.6 Å². The molecule has 0 aromatic heterocycles. The van der Waals surface area contributed by atoms with E-state index in [0.717, 1.165) is 12.8 Å². The highest BCUT2D eigenvalue weighted by atomic mass is 28.5. The average molecular weight is 409 g/mol. The Labute approximate surface area is 153 Å². The van der Waals surface area contributed by atoms with Crippen LogP contribution in [0.4, 0.5) is 0 Å². The molecule has 0 aliphatic heterocycles. The summed E-state index contributed by atoms with van der Waals surface area (Å²) in [6.45, 7) is 20.3. The third-order valence-electron chi connectivity index (χ3n) is 2.52. The fraction of sp³-hybridized carbons (Fsp3) is 0.800. The topological polar surface area (TPSA) is 54.0 Å². The average Bonchev–Trinajstić information content (AvgIpc) is 2.29. The normalized spacial score (nSPS) is 14.2. The molecule has 5 nitrogen and oxygen atoms in total. The van der Waals surface area contributed by atoms with Gasteiger partial charge in [-0.3, -0.25) is 0 Å². The molecular weight excluding hydrogens is 373 g/mol. The zero-order valence-electron chi connectivity index (χ0n) is 17.1. The zero-order valence-corrected chi connectivity index (χ0v) is 21.3. The second kappa shape index (κ2) is 9.60. The minimum absolute atomic E-state index is 0.388. The smallest absolute Gasteiger partial charge is 0.450 e. The first-order valence-corrected chi connectivity index (χ1v) is 19.9. The predicted octanol–water partition coefficient (Wildman–Crippen LogP) is 4.41. The number of unbranched alkanes of at least 4 members (excludes halogenated alkanes) is 1. The molecular formula is C15H36O5Si4. The molecule has 0 saturated carbocycles. The Balaban J connectivity index is 5.65. The summed E-state index contributed by atoms with van der Waals surface area (Å²) in [5.41, 5.74) is 0.584. The largest absolute Gasteiger partial charge is 0.719 e. The van der Waals surface area contributed by atoms with Gasteiger partial charge in [-0.25, -0.2) is 4.79 Å². The van der Waals surface area contributed by atoms with Crippen molar-refractivity contribution in [3.63, 3.8) is 0 Å². The molecule has 0 N–H and O–H groups in total. The lowest BCUT2D eigenvalue weighted by Crippen LogP contribution is -2.61. The molecule has 142 valence electrons. The van der Waals surface area contributed by atoms with Crippen LogP contribution in [0.3, 0.4) is 0 Å². The Morgan fingerprint density at radius 1 is 1.00 bits per heavy atom. The molecule has 24 heavy (non-hydrogen) atoms. The summed E-state index contributed by atoms with van der Waals surface area (Å²) in [6, 6.07) is 0. The SMILES string of the molecule is CCCC=C(C)C(=O)O[Si](O[SiH](C)C)(O[Si](C)(C)C)O[Si](C)(C)C. The second-order valence-electron chi connectivity index (χ2n) is 8.16. The van der Waals surface area contributed by atoms with Gasteiger partial charge in [0.25, 0.3) is 0 Å². The van der Waals surface area contributed by atoms with Gasteiger partial charge in [-0.15, -0.1) is 0 Å². The van der Waals surface area contributed by atoms with Gasteiger partial charge in [-0.05, 0) is 65.7 Å². The van der Waals surface area contributed by atoms with Gasteiger partial charge in [-0.2, -0.15) is 0 Å². The van der Waals surface area contributed by atoms with Crippen molar-refractivity contribution in [1.82, 2.24) is 0 Å². The van der Waals surface area contributed by atoms with Gasteiger partial charge in [0.15, 0.2) is 25.7 Å². The van der Waals surface area contributed by atoms with E-state index in [1.54, 1.807) is 6.92 Å². The minimum atomic E-state index is -3.50. The first-order chi connectivity index (χ1) is 10.7. The highest BCUT2D eigenvalue weighted by molar-refractivity contribution is 6.85. The van der Waals surface area contributed by atoms with Crippen molar-refractivity contribution in [2.24, 2.45) is 0 Å². The molecule has 0 saturated heterocycles. The molecule has 0 aromatic carbocycles. The maximum atomic E-state index is 12.6. The van der Waals surface area contributed by atoms with Crippen LogP contribution in [0.5, 0.6) is 0 Å². The van der Waals surface area contributed by atoms with Gasteiger partial charge in [-0.1, -0.05) is 19.4 Å². The van der Waals surface area contributed by atoms with Gasteiger partial charge in [0.05, 0.1) is 0 Å². The first-order valence-electron chi connectivity index (χ1n) is 8.68. The summed E-state index contributed by atoms with van der Waals surface area (Å²) >= 11 is 0. The molecule has 0 unspecified atom stereocenters. The molecule has 0 fully saturated rings. The van der Waals surface area contributed by atoms with E-state index in [-0.39, 0.29) is 5.97 Å². The van der Waals surface area contributed by atoms with E-state index in [2.05, 4.69) is 46.2 Å². The van der Waals surface area contributed by atoms with Gasteiger partial charge in [0, 0.05) is 5.57 Å². The van der Waals surface area contributed by atoms with Crippen LogP contribution in [0.1, 0.15) is 26.7 Å². The van der Waals surface area contributed by atoms with E-state index in [1.165, 1.54) is 0 Å². The lowest BCUT2D eigenvalue weighted by atomic mass is 10.2. The van der Waals surface area contributed by atoms with E-state index in [0.29, 0.717) is 5.57 Å². The van der Waals surface area contributed by atoms with Crippen LogP contribution in [-0.2, 0) is 21.6 Å². The highest BCUT2D eigenvalue weighted by Crippen LogP contribution is 2.25. The van der Waals surface area contributed by atoms with Crippen LogP contribution in [0.2, 0.25) is 52.4 Å². The summed E-state index contributed by atoms with van der Waals surface area (Å²) in [4.78, 5) is 12.6. The maximum Gasteiger partial charge on any atom is 0.719 e. The molecule has 0 aliphatic carbocycles. The molecule has 0 aromatic rings. The van der Waals surface area contributed by atoms with Gasteiger partial charge < -0.3 is 16.8 Å². The van der Waals surface area contributed by atoms with E-state index >= 15 is 0 Å². The predicted molar refractivity (Wildman–Crippen MR) is 109 cm³/mol. The lowest BCUT2D eigenvalue weighted by Gasteiger charge is -2.37. The Kier molecular flexibility index (Phi) is 9.58. The third kappa shape index (κ3) is 10.7. The Hall–Kier alpha value is -0.0425. The summed E-state index contributed by atoms with van der Waals surface area (Å²) in [5.74, 6) is -0.388. The summed E-state index contributed by atoms with van der Waals surface area (Å²) < 4.78 is 24.5. The molecule has 0 atom stereocenters. The summed E-state index contributed by atoms with van der Waals surface area (Å²) in [7, 11) is -9.08. The van der Waals surface area contributed by atoms with Gasteiger partial charge >= 0.3 is 15.0 Å². The Bertz CT molecular complexity index is 422. The Morgan fingerprint density at radius 3 is 1.79 bits per heavy atom. The standard InChI is InChI=1S/C15H36O5Si4/c1-11-12-13-14(2)15(16)17-24(18-21(3)4,19-22(5,6)7)20-23(8,9)10/h13,21H,11-12H2,1-10H3. The van der Waals surface area contributed by atoms with Gasteiger partial charge in [0.2, 0.25) is 0 Å². The molecule has 0 heterocycles. The summed E-state index contributed by atoms with van der Waals surface area (Å²) in [5, 5.41) is 0. The fourth-order valence-electron chi connectivity index (χ4n) is 1.81. The minimum Gasteiger partial charge on any atom is -0.450 e. The van der Waals surface area contributed by atoms with Crippen molar-refractivity contribution in [3.8, 4) is 0 Å². The second-order valence-corrected chi connectivity index (χ2v) is 22.5. The summed E-state index contributed by atoms with van der Waals surface area (Å²) in [6.07, 6.45) is 3.73. The molecule has 9 heteroatoms. The lowest BCUT2D eigenvalue weighted by molar-refractivity contribution is -0.135. The van der Waals surface area contributed by atoms with Crippen molar-refractivity contribution in [1.29, 1.82) is 0 Å². The van der Waals surface area contributed by atoms with Crippen LogP contribution >= 0.6 is 0 Å². The number of carbonyl (C=O) groups is 1. The van der Waals surface area contributed by atoms with E-state index in [1.807, 2.05) is 19.2 Å². The number of rotatable bonds is 10. The van der Waals surface area contributed by atoms with E-state index in [4.69, 9.17) is 16.8 Å². The molecule has 0 amide bonds. The van der Waals surface area contributed by atoms with Crippen LogP contribution in [-0.4, -0.2) is 40.7 Å². The van der Waals surface area contributed by atoms with Crippen molar-refractivity contribution < 1.29 is 21.6 Å². The van der Waals surface area contributed by atoms with Crippen LogP contribution in [0.25, 0.3) is 0 Å². The molecule has 0 bridgehead atoms. The van der Waals surface area contributed by atoms with Crippen molar-refractivity contribution in [2.75, 3.05) is 0 Å². The fourth-order valence-corrected chi connectivity index (χ4v) is 12.8. The van der Waals surface area contributed by atoms with Crippen LogP contribution < -0.4 is 0 Å². The third-order valence-corrected chi connectivity index (χ3v) is 12.9. The number of allylic oxidation sites excluding steroid dienone is 1. The molecule has 0 rings (SSSR count). The zero-order chi connectivity index (χ0) is 19.2. The number of hydrogen-bond donors (Lipinski definition) is 0. The van der Waals surface area contributed by atoms with Crippen LogP contribution in [0, 0.1) is 0 Å². The molecule has 0 spiro atoms. The molecule has 0 aliphatic rings. The van der Waals surface area contributed by atoms with Crippen LogP contribution in [0.15, 0.2) is 11.6 Å². The van der Waals surface area contributed by atoms with Gasteiger partial charge in [0.1, 0.15) is 0 Å². The van der Waals surface area contributed by atoms with E-state index < -0.39 is 34.7 Å². The van der Waals surface area contributed by atoms with E-state index in [9.17, 15) is 4.79 Å². The number of hydrogen-bond acceptors (Lipinski definition) is 5. The highest BCUT2D eigenvalue weighted by Gasteiger charge is 2.55. The Morgan fingerprint density at radius 2 is 1.46 bits per heavy atom. The number of carbonyl (C=O) groups excluding carboxylic acids is 1. The van der Waals surface area contributed by atoms with Crippen molar-refractivity contribution >= 4 is 40.7 Å². The molecule has 0 radical (unpaired) electrons.